The van der Waals surface area contributed by atoms with Crippen molar-refractivity contribution >= 4 is 17.8 Å². The summed E-state index contributed by atoms with van der Waals surface area (Å²) in [7, 11) is 1.59. The molecule has 2 saturated heterocycles. The summed E-state index contributed by atoms with van der Waals surface area (Å²) in [6.45, 7) is 1.09. The first kappa shape index (κ1) is 15.8. The summed E-state index contributed by atoms with van der Waals surface area (Å²) in [5, 5.41) is 9.31. The number of amides is 4. The zero-order chi connectivity index (χ0) is 15.4. The second-order valence-electron chi connectivity index (χ2n) is 5.71. The zero-order valence-corrected chi connectivity index (χ0v) is 12.5. The van der Waals surface area contributed by atoms with E-state index in [4.69, 9.17) is 0 Å². The van der Waals surface area contributed by atoms with Gasteiger partial charge in [0.05, 0.1) is 12.6 Å². The molecule has 4 amide bonds. The van der Waals surface area contributed by atoms with Gasteiger partial charge in [-0.1, -0.05) is 0 Å². The number of carbonyl (C=O) groups is 3. The van der Waals surface area contributed by atoms with Gasteiger partial charge in [-0.25, -0.2) is 4.79 Å². The molecule has 1 atom stereocenters. The minimum absolute atomic E-state index is 0.000366. The molecule has 2 aliphatic heterocycles. The highest BCUT2D eigenvalue weighted by Gasteiger charge is 2.33. The van der Waals surface area contributed by atoms with Crippen LogP contribution in [0.3, 0.4) is 0 Å². The van der Waals surface area contributed by atoms with Crippen LogP contribution < -0.4 is 0 Å². The molecule has 7 heteroatoms. The van der Waals surface area contributed by atoms with Crippen molar-refractivity contribution in [2.45, 2.75) is 38.1 Å². The predicted molar refractivity (Wildman–Crippen MR) is 75.4 cm³/mol. The average molecular weight is 297 g/mol. The first-order valence-corrected chi connectivity index (χ1v) is 7.50. The molecule has 0 aromatic heterocycles. The molecule has 2 aliphatic rings. The lowest BCUT2D eigenvalue weighted by molar-refractivity contribution is -0.136. The third-order valence-electron chi connectivity index (χ3n) is 4.16. The maximum Gasteiger partial charge on any atom is 0.326 e. The standard InChI is InChI=1S/C14H23N3O4/c1-15-9-13(20)17(14(15)21)8-4-6-12(19)16-7-3-2-5-11(16)10-18/h11,18H,2-10H2,1H3. The summed E-state index contributed by atoms with van der Waals surface area (Å²) in [4.78, 5) is 39.8. The number of likely N-dealkylation sites (tertiary alicyclic amines) is 1. The minimum Gasteiger partial charge on any atom is -0.394 e. The smallest absolute Gasteiger partial charge is 0.326 e. The van der Waals surface area contributed by atoms with Crippen LogP contribution in [0.5, 0.6) is 0 Å². The summed E-state index contributed by atoms with van der Waals surface area (Å²) in [5.74, 6) is -0.206. The van der Waals surface area contributed by atoms with Crippen LogP contribution in [0, 0.1) is 0 Å². The van der Waals surface area contributed by atoms with E-state index >= 15 is 0 Å². The van der Waals surface area contributed by atoms with Crippen LogP contribution in [0.15, 0.2) is 0 Å². The van der Waals surface area contributed by atoms with Crippen molar-refractivity contribution in [3.05, 3.63) is 0 Å². The molecule has 1 unspecified atom stereocenters. The SMILES string of the molecule is CN1CC(=O)N(CCCC(=O)N2CCCCC2CO)C1=O. The number of rotatable bonds is 5. The highest BCUT2D eigenvalue weighted by atomic mass is 16.3. The molecule has 0 saturated carbocycles. The quantitative estimate of drug-likeness (QED) is 0.726. The molecule has 0 aromatic rings. The normalized spacial score (nSPS) is 23.1. The summed E-state index contributed by atoms with van der Waals surface area (Å²) in [6, 6.07) is -0.369. The number of piperidine rings is 1. The molecular formula is C14H23N3O4. The van der Waals surface area contributed by atoms with Gasteiger partial charge in [-0.15, -0.1) is 0 Å². The van der Waals surface area contributed by atoms with Crippen molar-refractivity contribution in [3.63, 3.8) is 0 Å². The summed E-state index contributed by atoms with van der Waals surface area (Å²) in [6.07, 6.45) is 3.63. The van der Waals surface area contributed by atoms with Gasteiger partial charge in [0.25, 0.3) is 0 Å². The van der Waals surface area contributed by atoms with Gasteiger partial charge in [0.1, 0.15) is 6.54 Å². The number of imide groups is 1. The van der Waals surface area contributed by atoms with Crippen molar-refractivity contribution in [2.24, 2.45) is 0 Å². The van der Waals surface area contributed by atoms with Crippen LogP contribution in [0.4, 0.5) is 4.79 Å². The summed E-state index contributed by atoms with van der Waals surface area (Å²) in [5.41, 5.74) is 0. The second kappa shape index (κ2) is 6.89. The number of urea groups is 1. The molecule has 0 spiro atoms. The van der Waals surface area contributed by atoms with Crippen LogP contribution in [0.2, 0.25) is 0 Å². The number of carbonyl (C=O) groups excluding carboxylic acids is 3. The Hall–Kier alpha value is -1.63. The maximum absolute atomic E-state index is 12.2. The average Bonchev–Trinajstić information content (AvgIpc) is 2.73. The fourth-order valence-electron chi connectivity index (χ4n) is 2.94. The van der Waals surface area contributed by atoms with Crippen LogP contribution in [0.25, 0.3) is 0 Å². The zero-order valence-electron chi connectivity index (χ0n) is 12.5. The van der Waals surface area contributed by atoms with Gasteiger partial charge in [0.2, 0.25) is 11.8 Å². The Kier molecular flexibility index (Phi) is 5.17. The predicted octanol–water partition coefficient (Wildman–Crippen LogP) is 0.0340. The molecule has 7 nitrogen and oxygen atoms in total. The van der Waals surface area contributed by atoms with Crippen molar-refractivity contribution in [1.82, 2.24) is 14.7 Å². The Morgan fingerprint density at radius 1 is 1.33 bits per heavy atom. The van der Waals surface area contributed by atoms with Gasteiger partial charge in [0.15, 0.2) is 0 Å². The van der Waals surface area contributed by atoms with Gasteiger partial charge >= 0.3 is 6.03 Å². The van der Waals surface area contributed by atoms with Crippen LogP contribution >= 0.6 is 0 Å². The molecule has 2 heterocycles. The van der Waals surface area contributed by atoms with Gasteiger partial charge in [-0.05, 0) is 25.7 Å². The van der Waals surface area contributed by atoms with E-state index in [0.29, 0.717) is 19.4 Å². The first-order valence-electron chi connectivity index (χ1n) is 7.50. The Labute approximate surface area is 124 Å². The Morgan fingerprint density at radius 3 is 2.71 bits per heavy atom. The molecule has 0 aromatic carbocycles. The molecule has 21 heavy (non-hydrogen) atoms. The van der Waals surface area contributed by atoms with E-state index in [2.05, 4.69) is 0 Å². The Bertz CT molecular complexity index is 426. The molecule has 2 rings (SSSR count). The van der Waals surface area contributed by atoms with Crippen LogP contribution in [-0.2, 0) is 9.59 Å². The van der Waals surface area contributed by atoms with E-state index in [-0.39, 0.29) is 43.6 Å². The number of nitrogens with zero attached hydrogens (tertiary/aromatic N) is 3. The molecule has 0 bridgehead atoms. The molecule has 2 fully saturated rings. The van der Waals surface area contributed by atoms with Crippen molar-refractivity contribution in [2.75, 3.05) is 33.3 Å². The summed E-state index contributed by atoms with van der Waals surface area (Å²) >= 11 is 0. The number of hydrogen-bond acceptors (Lipinski definition) is 4. The van der Waals surface area contributed by atoms with Crippen LogP contribution in [-0.4, -0.2) is 77.0 Å². The van der Waals surface area contributed by atoms with Crippen molar-refractivity contribution < 1.29 is 19.5 Å². The molecular weight excluding hydrogens is 274 g/mol. The van der Waals surface area contributed by atoms with E-state index in [1.165, 1.54) is 9.80 Å². The lowest BCUT2D eigenvalue weighted by Gasteiger charge is -2.34. The Morgan fingerprint density at radius 2 is 2.10 bits per heavy atom. The molecule has 0 aliphatic carbocycles. The van der Waals surface area contributed by atoms with Crippen molar-refractivity contribution in [3.8, 4) is 0 Å². The lowest BCUT2D eigenvalue weighted by Crippen LogP contribution is -2.45. The lowest BCUT2D eigenvalue weighted by atomic mass is 10.0. The topological polar surface area (TPSA) is 81.2 Å². The minimum atomic E-state index is -0.293. The van der Waals surface area contributed by atoms with Gasteiger partial charge in [0, 0.05) is 26.6 Å². The highest BCUT2D eigenvalue weighted by Crippen LogP contribution is 2.18. The fourth-order valence-corrected chi connectivity index (χ4v) is 2.94. The molecule has 0 radical (unpaired) electrons. The van der Waals surface area contributed by atoms with Crippen LogP contribution in [0.1, 0.15) is 32.1 Å². The first-order chi connectivity index (χ1) is 10.0. The van der Waals surface area contributed by atoms with E-state index < -0.39 is 0 Å². The number of likely N-dealkylation sites (N-methyl/N-ethyl adjacent to an activating group) is 1. The van der Waals surface area contributed by atoms with E-state index in [1.54, 1.807) is 11.9 Å². The fraction of sp³-hybridized carbons (Fsp3) is 0.786. The van der Waals surface area contributed by atoms with Gasteiger partial charge in [-0.3, -0.25) is 14.5 Å². The molecule has 118 valence electrons. The van der Waals surface area contributed by atoms with E-state index in [0.717, 1.165) is 19.3 Å². The second-order valence-corrected chi connectivity index (χ2v) is 5.71. The van der Waals surface area contributed by atoms with Crippen molar-refractivity contribution in [1.29, 1.82) is 0 Å². The monoisotopic (exact) mass is 297 g/mol. The third kappa shape index (κ3) is 3.53. The maximum atomic E-state index is 12.2. The number of aliphatic hydroxyl groups excluding tert-OH is 1. The van der Waals surface area contributed by atoms with E-state index in [9.17, 15) is 19.5 Å². The number of hydrogen-bond donors (Lipinski definition) is 1. The molecule has 1 N–H and O–H groups in total. The third-order valence-corrected chi connectivity index (χ3v) is 4.16. The van der Waals surface area contributed by atoms with E-state index in [1.807, 2.05) is 0 Å². The van der Waals surface area contributed by atoms with Gasteiger partial charge in [-0.2, -0.15) is 0 Å². The van der Waals surface area contributed by atoms with Gasteiger partial charge < -0.3 is 14.9 Å². The largest absolute Gasteiger partial charge is 0.394 e. The highest BCUT2D eigenvalue weighted by molar-refractivity contribution is 6.01. The Balaban J connectivity index is 1.79. The number of aliphatic hydroxyl groups is 1. The summed E-state index contributed by atoms with van der Waals surface area (Å²) < 4.78 is 0.